The van der Waals surface area contributed by atoms with Crippen LogP contribution >= 0.6 is 0 Å². The summed E-state index contributed by atoms with van der Waals surface area (Å²) in [5.41, 5.74) is 3.11. The summed E-state index contributed by atoms with van der Waals surface area (Å²) in [6, 6.07) is 9.49. The van der Waals surface area contributed by atoms with Crippen LogP contribution in [-0.2, 0) is 16.6 Å². The first-order chi connectivity index (χ1) is 9.52. The first-order valence-electron chi connectivity index (χ1n) is 7.55. The van der Waals surface area contributed by atoms with Crippen LogP contribution in [0.4, 0.5) is 0 Å². The normalized spacial score (nSPS) is 42.3. The summed E-state index contributed by atoms with van der Waals surface area (Å²) in [6.07, 6.45) is 2.91. The maximum Gasteiger partial charge on any atom is 0.308 e. The number of hydrogen-bond donors (Lipinski definition) is 1. The Hall–Kier alpha value is -1.35. The molecule has 1 saturated carbocycles. The summed E-state index contributed by atoms with van der Waals surface area (Å²) < 4.78 is 0. The minimum Gasteiger partial charge on any atom is -0.481 e. The van der Waals surface area contributed by atoms with Crippen molar-refractivity contribution in [2.75, 3.05) is 7.05 Å². The minimum atomic E-state index is -0.610. The summed E-state index contributed by atoms with van der Waals surface area (Å²) in [5, 5.41) is 9.49. The van der Waals surface area contributed by atoms with Gasteiger partial charge in [-0.2, -0.15) is 0 Å². The molecule has 2 saturated heterocycles. The van der Waals surface area contributed by atoms with E-state index in [2.05, 4.69) is 43.1 Å². The largest absolute Gasteiger partial charge is 0.481 e. The lowest BCUT2D eigenvalue weighted by Crippen LogP contribution is -2.68. The Morgan fingerprint density at radius 2 is 2.10 bits per heavy atom. The summed E-state index contributed by atoms with van der Waals surface area (Å²) in [5.74, 6) is -0.311. The van der Waals surface area contributed by atoms with E-state index in [1.807, 2.05) is 0 Å². The SMILES string of the molecule is CN1C2CC3(C)c4ccccc4CC1C3CC2C(=O)O. The Morgan fingerprint density at radius 3 is 2.85 bits per heavy atom. The van der Waals surface area contributed by atoms with E-state index < -0.39 is 5.97 Å². The van der Waals surface area contributed by atoms with Crippen molar-refractivity contribution in [1.29, 1.82) is 0 Å². The molecule has 0 spiro atoms. The van der Waals surface area contributed by atoms with E-state index in [1.165, 1.54) is 11.1 Å². The van der Waals surface area contributed by atoms with Gasteiger partial charge in [-0.25, -0.2) is 0 Å². The zero-order valence-electron chi connectivity index (χ0n) is 12.0. The predicted octanol–water partition coefficient (Wildman–Crippen LogP) is 2.29. The Labute approximate surface area is 119 Å². The zero-order chi connectivity index (χ0) is 14.1. The van der Waals surface area contributed by atoms with Crippen LogP contribution in [0.25, 0.3) is 0 Å². The standard InChI is InChI=1S/C17H21NO2/c1-17-9-15-11(16(19)20)8-13(17)14(18(15)2)7-10-5-3-4-6-12(10)17/h3-6,11,13-15H,7-9H2,1-2H3,(H,19,20). The number of likely N-dealkylation sites (N-methyl/N-ethyl adjacent to an activating group) is 1. The summed E-state index contributed by atoms with van der Waals surface area (Å²) in [7, 11) is 2.13. The molecule has 5 rings (SSSR count). The maximum atomic E-state index is 11.5. The van der Waals surface area contributed by atoms with E-state index >= 15 is 0 Å². The van der Waals surface area contributed by atoms with Crippen LogP contribution in [0.1, 0.15) is 30.9 Å². The molecule has 1 N–H and O–H groups in total. The monoisotopic (exact) mass is 271 g/mol. The van der Waals surface area contributed by atoms with Crippen molar-refractivity contribution in [2.24, 2.45) is 11.8 Å². The maximum absolute atomic E-state index is 11.5. The fourth-order valence-corrected chi connectivity index (χ4v) is 5.30. The van der Waals surface area contributed by atoms with Crippen molar-refractivity contribution in [3.63, 3.8) is 0 Å². The quantitative estimate of drug-likeness (QED) is 0.852. The summed E-state index contributed by atoms with van der Waals surface area (Å²) in [4.78, 5) is 13.9. The van der Waals surface area contributed by atoms with E-state index in [4.69, 9.17) is 0 Å². The molecule has 106 valence electrons. The molecule has 2 aliphatic heterocycles. The molecular formula is C17H21NO2. The topological polar surface area (TPSA) is 40.5 Å². The van der Waals surface area contributed by atoms with Crippen molar-refractivity contribution >= 4 is 5.97 Å². The number of nitrogens with zero attached hydrogens (tertiary/aromatic N) is 1. The minimum absolute atomic E-state index is 0.169. The van der Waals surface area contributed by atoms with Crippen LogP contribution < -0.4 is 0 Å². The van der Waals surface area contributed by atoms with E-state index in [9.17, 15) is 9.90 Å². The first kappa shape index (κ1) is 12.4. The Morgan fingerprint density at radius 1 is 1.35 bits per heavy atom. The lowest BCUT2D eigenvalue weighted by atomic mass is 9.50. The van der Waals surface area contributed by atoms with Crippen molar-refractivity contribution in [2.45, 2.75) is 43.7 Å². The highest BCUT2D eigenvalue weighted by Gasteiger charge is 2.59. The molecule has 5 unspecified atom stereocenters. The Kier molecular flexibility index (Phi) is 2.39. The molecule has 0 aromatic heterocycles. The molecule has 5 atom stereocenters. The lowest BCUT2D eigenvalue weighted by molar-refractivity contribution is -0.158. The fraction of sp³-hybridized carbons (Fsp3) is 0.588. The van der Waals surface area contributed by atoms with Gasteiger partial charge < -0.3 is 5.11 Å². The number of carboxylic acids is 1. The van der Waals surface area contributed by atoms with Gasteiger partial charge >= 0.3 is 5.97 Å². The number of rotatable bonds is 1. The highest BCUT2D eigenvalue weighted by molar-refractivity contribution is 5.72. The number of benzene rings is 1. The van der Waals surface area contributed by atoms with Crippen LogP contribution in [0, 0.1) is 11.8 Å². The molecule has 2 aliphatic carbocycles. The van der Waals surface area contributed by atoms with Gasteiger partial charge in [-0.05, 0) is 48.8 Å². The van der Waals surface area contributed by atoms with Gasteiger partial charge in [-0.15, -0.1) is 0 Å². The van der Waals surface area contributed by atoms with Gasteiger partial charge in [0.25, 0.3) is 0 Å². The molecule has 1 aromatic carbocycles. The van der Waals surface area contributed by atoms with Crippen LogP contribution in [-0.4, -0.2) is 35.1 Å². The molecule has 3 nitrogen and oxygen atoms in total. The number of carbonyl (C=O) groups is 1. The zero-order valence-corrected chi connectivity index (χ0v) is 12.0. The molecule has 0 amide bonds. The van der Waals surface area contributed by atoms with E-state index in [0.29, 0.717) is 12.0 Å². The average molecular weight is 271 g/mol. The van der Waals surface area contributed by atoms with E-state index in [1.54, 1.807) is 0 Å². The van der Waals surface area contributed by atoms with Crippen LogP contribution in [0.3, 0.4) is 0 Å². The van der Waals surface area contributed by atoms with Gasteiger partial charge in [0, 0.05) is 12.1 Å². The predicted molar refractivity (Wildman–Crippen MR) is 76.7 cm³/mol. The van der Waals surface area contributed by atoms with Crippen LogP contribution in [0.2, 0.25) is 0 Å². The van der Waals surface area contributed by atoms with Crippen molar-refractivity contribution in [1.82, 2.24) is 4.90 Å². The van der Waals surface area contributed by atoms with Gasteiger partial charge in [-0.3, -0.25) is 9.69 Å². The lowest BCUT2D eigenvalue weighted by Gasteiger charge is -2.63. The first-order valence-corrected chi connectivity index (χ1v) is 7.55. The number of hydrogen-bond acceptors (Lipinski definition) is 2. The van der Waals surface area contributed by atoms with Gasteiger partial charge in [0.1, 0.15) is 0 Å². The third kappa shape index (κ3) is 1.37. The number of fused-ring (bicyclic) bond motifs is 2. The summed E-state index contributed by atoms with van der Waals surface area (Å²) in [6.45, 7) is 2.36. The van der Waals surface area contributed by atoms with Crippen molar-refractivity contribution < 1.29 is 9.90 Å². The van der Waals surface area contributed by atoms with Gasteiger partial charge in [0.15, 0.2) is 0 Å². The van der Waals surface area contributed by atoms with Gasteiger partial charge in [0.2, 0.25) is 0 Å². The van der Waals surface area contributed by atoms with E-state index in [0.717, 1.165) is 19.3 Å². The molecule has 4 aliphatic rings. The molecular weight excluding hydrogens is 250 g/mol. The third-order valence-corrected chi connectivity index (χ3v) is 6.31. The molecule has 3 heteroatoms. The molecule has 4 bridgehead atoms. The second-order valence-electron chi connectivity index (χ2n) is 7.07. The number of carboxylic acid groups (broad SMARTS) is 1. The second-order valence-corrected chi connectivity index (χ2v) is 7.07. The van der Waals surface area contributed by atoms with Crippen LogP contribution in [0.15, 0.2) is 24.3 Å². The smallest absolute Gasteiger partial charge is 0.308 e. The van der Waals surface area contributed by atoms with Gasteiger partial charge in [0.05, 0.1) is 5.92 Å². The molecule has 3 fully saturated rings. The third-order valence-electron chi connectivity index (χ3n) is 6.31. The molecule has 0 radical (unpaired) electrons. The van der Waals surface area contributed by atoms with Crippen molar-refractivity contribution in [3.8, 4) is 0 Å². The highest BCUT2D eigenvalue weighted by atomic mass is 16.4. The number of aliphatic carboxylic acids is 1. The highest BCUT2D eigenvalue weighted by Crippen LogP contribution is 2.57. The molecule has 20 heavy (non-hydrogen) atoms. The molecule has 2 heterocycles. The molecule has 1 aromatic rings. The van der Waals surface area contributed by atoms with Gasteiger partial charge in [-0.1, -0.05) is 31.2 Å². The van der Waals surface area contributed by atoms with Crippen LogP contribution in [0.5, 0.6) is 0 Å². The number of piperidine rings is 2. The van der Waals surface area contributed by atoms with E-state index in [-0.39, 0.29) is 17.4 Å². The fourth-order valence-electron chi connectivity index (χ4n) is 5.30. The Balaban J connectivity index is 1.84. The average Bonchev–Trinajstić information content (AvgIpc) is 2.43. The van der Waals surface area contributed by atoms with Crippen molar-refractivity contribution in [3.05, 3.63) is 35.4 Å². The summed E-state index contributed by atoms with van der Waals surface area (Å²) >= 11 is 0. The second kappa shape index (κ2) is 3.85. The Bertz CT molecular complexity index is 584.